The zero-order valence-electron chi connectivity index (χ0n) is 29.8. The van der Waals surface area contributed by atoms with Gasteiger partial charge in [-0.15, -0.1) is 0 Å². The van der Waals surface area contributed by atoms with Crippen molar-refractivity contribution in [2.75, 3.05) is 6.61 Å². The van der Waals surface area contributed by atoms with E-state index in [1.54, 1.807) is 6.92 Å². The fourth-order valence-electron chi connectivity index (χ4n) is 13.1. The van der Waals surface area contributed by atoms with E-state index in [9.17, 15) is 48.1 Å². The molecule has 0 bridgehead atoms. The van der Waals surface area contributed by atoms with Crippen LogP contribution in [0.3, 0.4) is 0 Å². The molecule has 14 heteroatoms. The van der Waals surface area contributed by atoms with Crippen LogP contribution in [0.25, 0.3) is 0 Å². The first-order valence-corrected chi connectivity index (χ1v) is 19.5. The summed E-state index contributed by atoms with van der Waals surface area (Å²) in [6.07, 6.45) is -2.81. The van der Waals surface area contributed by atoms with Gasteiger partial charge in [-0.2, -0.15) is 8.42 Å². The number of hydrogen-bond donors (Lipinski definition) is 6. The number of carboxylic acid groups (broad SMARTS) is 1. The Hall–Kier alpha value is -1.65. The molecule has 16 unspecified atom stereocenters. The molecule has 13 nitrogen and oxygen atoms in total. The van der Waals surface area contributed by atoms with Crippen LogP contribution >= 0.6 is 0 Å². The lowest BCUT2D eigenvalue weighted by atomic mass is 9.32. The third-order valence-corrected chi connectivity index (χ3v) is 16.3. The molecule has 0 aromatic carbocycles. The van der Waals surface area contributed by atoms with Gasteiger partial charge in [0.15, 0.2) is 0 Å². The summed E-state index contributed by atoms with van der Waals surface area (Å²) in [7, 11) is -4.87. The summed E-state index contributed by atoms with van der Waals surface area (Å²) in [5.41, 5.74) is -2.39. The van der Waals surface area contributed by atoms with Crippen molar-refractivity contribution in [3.05, 3.63) is 12.2 Å². The molecule has 0 amide bonds. The molecule has 284 valence electrons. The minimum atomic E-state index is -4.87. The second kappa shape index (κ2) is 12.5. The van der Waals surface area contributed by atoms with Gasteiger partial charge in [-0.25, -0.2) is 4.18 Å². The Labute approximate surface area is 294 Å². The third kappa shape index (κ3) is 5.28. The monoisotopic (exact) mass is 728 g/mol. The zero-order chi connectivity index (χ0) is 37.0. The second-order valence-corrected chi connectivity index (χ2v) is 18.6. The Bertz CT molecular complexity index is 1500. The molecule has 6 fully saturated rings. The number of aliphatic hydroxyl groups excluding tert-OH is 4. The first-order chi connectivity index (χ1) is 23.1. The number of carbonyl (C=O) groups is 2. The highest BCUT2D eigenvalue weighted by molar-refractivity contribution is 7.80. The number of ether oxygens (including phenoxy) is 2. The summed E-state index contributed by atoms with van der Waals surface area (Å²) in [5, 5.41) is 51.6. The SMILES string of the molecule is C=C(C)C1CCC2(C(=O)OC3OC(CO)C(O)C(O)C3O)CCC3(C)C(CCC4C5(C)CCC(OS(=O)(=O)O)C(C)(C(=O)O)C5CCC43C)C12. The highest BCUT2D eigenvalue weighted by Crippen LogP contribution is 2.77. The molecule has 6 aliphatic rings. The van der Waals surface area contributed by atoms with Gasteiger partial charge in [0.2, 0.25) is 6.29 Å². The van der Waals surface area contributed by atoms with Crippen molar-refractivity contribution in [3.63, 3.8) is 0 Å². The van der Waals surface area contributed by atoms with E-state index in [2.05, 4.69) is 27.4 Å². The molecule has 5 aliphatic carbocycles. The van der Waals surface area contributed by atoms with E-state index in [-0.39, 0.29) is 40.9 Å². The van der Waals surface area contributed by atoms with Gasteiger partial charge < -0.3 is 35.0 Å². The molecule has 0 aromatic rings. The molecular weight excluding hydrogens is 672 g/mol. The van der Waals surface area contributed by atoms with Crippen molar-refractivity contribution in [1.29, 1.82) is 0 Å². The summed E-state index contributed by atoms with van der Waals surface area (Å²) in [6.45, 7) is 14.1. The molecule has 0 radical (unpaired) electrons. The predicted octanol–water partition coefficient (Wildman–Crippen LogP) is 3.24. The third-order valence-electron chi connectivity index (χ3n) is 15.8. The average Bonchev–Trinajstić information content (AvgIpc) is 3.44. The highest BCUT2D eigenvalue weighted by Gasteiger charge is 2.73. The maximum absolute atomic E-state index is 14.4. The lowest BCUT2D eigenvalue weighted by molar-refractivity contribution is -0.298. The van der Waals surface area contributed by atoms with E-state index >= 15 is 0 Å². The number of carboxylic acids is 1. The fraction of sp³-hybridized carbons (Fsp3) is 0.889. The normalized spacial score (nSPS) is 51.8. The van der Waals surface area contributed by atoms with Crippen molar-refractivity contribution in [2.45, 2.75) is 136 Å². The van der Waals surface area contributed by atoms with Gasteiger partial charge >= 0.3 is 22.3 Å². The second-order valence-electron chi connectivity index (χ2n) is 17.6. The Morgan fingerprint density at radius 3 is 2.14 bits per heavy atom. The van der Waals surface area contributed by atoms with Crippen LogP contribution in [0.4, 0.5) is 0 Å². The van der Waals surface area contributed by atoms with Gasteiger partial charge in [-0.3, -0.25) is 14.1 Å². The van der Waals surface area contributed by atoms with Crippen LogP contribution in [0.2, 0.25) is 0 Å². The van der Waals surface area contributed by atoms with Crippen LogP contribution in [-0.4, -0.2) is 93.9 Å². The Morgan fingerprint density at radius 1 is 0.860 bits per heavy atom. The van der Waals surface area contributed by atoms with Crippen molar-refractivity contribution in [3.8, 4) is 0 Å². The lowest BCUT2D eigenvalue weighted by Crippen LogP contribution is -2.68. The molecule has 0 aromatic heterocycles. The topological polar surface area (TPSA) is 217 Å². The maximum Gasteiger partial charge on any atom is 0.397 e. The molecule has 6 N–H and O–H groups in total. The summed E-state index contributed by atoms with van der Waals surface area (Å²) >= 11 is 0. The Balaban J connectivity index is 1.33. The molecule has 6 rings (SSSR count). The molecule has 1 heterocycles. The largest absolute Gasteiger partial charge is 0.481 e. The molecular formula is C36H56O13S. The zero-order valence-corrected chi connectivity index (χ0v) is 30.6. The first kappa shape index (κ1) is 38.1. The number of esters is 1. The van der Waals surface area contributed by atoms with Crippen molar-refractivity contribution in [1.82, 2.24) is 0 Å². The van der Waals surface area contributed by atoms with Crippen LogP contribution in [0, 0.1) is 56.7 Å². The highest BCUT2D eigenvalue weighted by atomic mass is 32.3. The number of fused-ring (bicyclic) bond motifs is 7. The molecule has 50 heavy (non-hydrogen) atoms. The van der Waals surface area contributed by atoms with Crippen LogP contribution in [0.1, 0.15) is 98.8 Å². The van der Waals surface area contributed by atoms with Gasteiger partial charge in [-0.1, -0.05) is 32.9 Å². The van der Waals surface area contributed by atoms with E-state index in [0.29, 0.717) is 38.5 Å². The Kier molecular flexibility index (Phi) is 9.49. The fourth-order valence-corrected chi connectivity index (χ4v) is 13.7. The first-order valence-electron chi connectivity index (χ1n) is 18.2. The minimum Gasteiger partial charge on any atom is -0.481 e. The number of rotatable bonds is 7. The van der Waals surface area contributed by atoms with Crippen LogP contribution in [0.15, 0.2) is 12.2 Å². The van der Waals surface area contributed by atoms with Gasteiger partial charge in [0.25, 0.3) is 0 Å². The number of aliphatic carboxylic acids is 1. The summed E-state index contributed by atoms with van der Waals surface area (Å²) < 4.78 is 49.7. The van der Waals surface area contributed by atoms with E-state index in [1.165, 1.54) is 0 Å². The van der Waals surface area contributed by atoms with Gasteiger partial charge in [-0.05, 0) is 124 Å². The van der Waals surface area contributed by atoms with Crippen molar-refractivity contribution in [2.24, 2.45) is 56.7 Å². The van der Waals surface area contributed by atoms with Crippen LogP contribution in [0.5, 0.6) is 0 Å². The standard InChI is InChI=1S/C36H56O13S/c1-18(2)19-9-14-36(31(43)48-29-28(40)27(39)26(38)21(17-37)47-29)16-15-33(4)20(25(19)36)7-8-22-32(3)12-11-24(49-50(44,45)46)35(6,30(41)42)23(32)10-13-34(22,33)5/h19-29,37-40H,1,7-17H2,2-6H3,(H,41,42)(H,44,45,46). The molecule has 1 saturated heterocycles. The summed E-state index contributed by atoms with van der Waals surface area (Å²) in [4.78, 5) is 27.4. The number of allylic oxidation sites excluding steroid dienone is 1. The predicted molar refractivity (Wildman–Crippen MR) is 177 cm³/mol. The average molecular weight is 729 g/mol. The van der Waals surface area contributed by atoms with E-state index in [0.717, 1.165) is 24.8 Å². The molecule has 5 saturated carbocycles. The number of aliphatic hydroxyl groups is 4. The number of hydrogen-bond acceptors (Lipinski definition) is 11. The van der Waals surface area contributed by atoms with Gasteiger partial charge in [0.05, 0.1) is 23.5 Å². The van der Waals surface area contributed by atoms with E-state index in [4.69, 9.17) is 13.7 Å². The Morgan fingerprint density at radius 2 is 1.54 bits per heavy atom. The number of carbonyl (C=O) groups excluding carboxylic acids is 1. The summed E-state index contributed by atoms with van der Waals surface area (Å²) in [5.74, 6) is -1.93. The molecule has 16 atom stereocenters. The van der Waals surface area contributed by atoms with Crippen molar-refractivity contribution >= 4 is 22.3 Å². The van der Waals surface area contributed by atoms with E-state index < -0.39 is 87.9 Å². The molecule has 0 spiro atoms. The maximum atomic E-state index is 14.4. The molecule has 1 aliphatic heterocycles. The van der Waals surface area contributed by atoms with Crippen LogP contribution < -0.4 is 0 Å². The van der Waals surface area contributed by atoms with E-state index in [1.807, 2.05) is 6.92 Å². The van der Waals surface area contributed by atoms with Gasteiger partial charge in [0.1, 0.15) is 24.4 Å². The smallest absolute Gasteiger partial charge is 0.397 e. The van der Waals surface area contributed by atoms with Gasteiger partial charge in [0, 0.05) is 0 Å². The van der Waals surface area contributed by atoms with Crippen LogP contribution in [-0.2, 0) is 33.6 Å². The summed E-state index contributed by atoms with van der Waals surface area (Å²) in [6, 6.07) is 0. The lowest BCUT2D eigenvalue weighted by Gasteiger charge is -2.72. The van der Waals surface area contributed by atoms with Crippen molar-refractivity contribution < 1.29 is 61.7 Å². The quantitative estimate of drug-likeness (QED) is 0.126. The minimum absolute atomic E-state index is 0.0392.